The van der Waals surface area contributed by atoms with E-state index in [1.807, 2.05) is 17.0 Å². The molecular formula is C17H23BrN2O2. The number of rotatable bonds is 5. The second-order valence-corrected chi connectivity index (χ2v) is 7.11. The molecule has 0 aliphatic carbocycles. The Hall–Kier alpha value is -1.36. The van der Waals surface area contributed by atoms with E-state index >= 15 is 0 Å². The number of nitrogens with zero attached hydrogens (tertiary/aromatic N) is 1. The lowest BCUT2D eigenvalue weighted by atomic mass is 10.0. The molecule has 0 aromatic heterocycles. The molecule has 1 aliphatic rings. The molecule has 0 spiro atoms. The van der Waals surface area contributed by atoms with E-state index in [4.69, 9.17) is 0 Å². The lowest BCUT2D eigenvalue weighted by Gasteiger charge is -2.25. The van der Waals surface area contributed by atoms with E-state index in [0.29, 0.717) is 17.9 Å². The van der Waals surface area contributed by atoms with E-state index in [1.165, 1.54) is 0 Å². The number of benzene rings is 1. The van der Waals surface area contributed by atoms with Crippen molar-refractivity contribution >= 4 is 27.7 Å². The lowest BCUT2D eigenvalue weighted by molar-refractivity contribution is -0.132. The van der Waals surface area contributed by atoms with Crippen LogP contribution in [-0.2, 0) is 4.79 Å². The van der Waals surface area contributed by atoms with Crippen molar-refractivity contribution in [2.24, 2.45) is 5.92 Å². The summed E-state index contributed by atoms with van der Waals surface area (Å²) in [7, 11) is 0. The number of hydrogen-bond donors (Lipinski definition) is 1. The van der Waals surface area contributed by atoms with Gasteiger partial charge in [-0.25, -0.2) is 0 Å². The van der Waals surface area contributed by atoms with Gasteiger partial charge in [-0.1, -0.05) is 35.8 Å². The van der Waals surface area contributed by atoms with Crippen molar-refractivity contribution in [2.75, 3.05) is 13.1 Å². The standard InChI is InChI=1S/C17H23BrN2O2/c1-12(2)10-15(17(22)20-8-3-4-9-20)19-16(21)13-6-5-7-14(18)11-13/h5-7,11-12,15H,3-4,8-10H2,1-2H3,(H,19,21)/t15-/m0/s1. The van der Waals surface area contributed by atoms with Gasteiger partial charge in [-0.15, -0.1) is 0 Å². The van der Waals surface area contributed by atoms with E-state index in [0.717, 1.165) is 30.4 Å². The molecule has 0 unspecified atom stereocenters. The maximum atomic E-state index is 12.6. The summed E-state index contributed by atoms with van der Waals surface area (Å²) < 4.78 is 0.853. The van der Waals surface area contributed by atoms with Crippen LogP contribution in [0, 0.1) is 5.92 Å². The van der Waals surface area contributed by atoms with Crippen molar-refractivity contribution < 1.29 is 9.59 Å². The van der Waals surface area contributed by atoms with Crippen LogP contribution in [0.15, 0.2) is 28.7 Å². The van der Waals surface area contributed by atoms with Crippen LogP contribution in [0.4, 0.5) is 0 Å². The van der Waals surface area contributed by atoms with Gasteiger partial charge in [-0.3, -0.25) is 9.59 Å². The highest BCUT2D eigenvalue weighted by Gasteiger charge is 2.28. The number of likely N-dealkylation sites (tertiary alicyclic amines) is 1. The smallest absolute Gasteiger partial charge is 0.251 e. The van der Waals surface area contributed by atoms with Gasteiger partial charge < -0.3 is 10.2 Å². The molecule has 1 atom stereocenters. The lowest BCUT2D eigenvalue weighted by Crippen LogP contribution is -2.48. The quantitative estimate of drug-likeness (QED) is 0.869. The molecule has 1 N–H and O–H groups in total. The van der Waals surface area contributed by atoms with Crippen LogP contribution in [0.2, 0.25) is 0 Å². The molecule has 4 nitrogen and oxygen atoms in total. The van der Waals surface area contributed by atoms with Crippen LogP contribution in [-0.4, -0.2) is 35.8 Å². The van der Waals surface area contributed by atoms with Crippen molar-refractivity contribution in [1.82, 2.24) is 10.2 Å². The molecule has 2 amide bonds. The maximum absolute atomic E-state index is 12.6. The van der Waals surface area contributed by atoms with Gasteiger partial charge in [0.05, 0.1) is 0 Å². The third-order valence-electron chi connectivity index (χ3n) is 3.82. The Bertz CT molecular complexity index is 539. The molecule has 0 bridgehead atoms. The van der Waals surface area contributed by atoms with E-state index in [1.54, 1.807) is 12.1 Å². The van der Waals surface area contributed by atoms with Gasteiger partial charge in [0.15, 0.2) is 0 Å². The van der Waals surface area contributed by atoms with Gasteiger partial charge in [-0.05, 0) is 43.4 Å². The van der Waals surface area contributed by atoms with E-state index in [-0.39, 0.29) is 11.8 Å². The fourth-order valence-corrected chi connectivity index (χ4v) is 3.12. The van der Waals surface area contributed by atoms with Gasteiger partial charge >= 0.3 is 0 Å². The Morgan fingerprint density at radius 2 is 1.95 bits per heavy atom. The number of nitrogens with one attached hydrogen (secondary N) is 1. The largest absolute Gasteiger partial charge is 0.341 e. The summed E-state index contributed by atoms with van der Waals surface area (Å²) in [5.74, 6) is 0.202. The summed E-state index contributed by atoms with van der Waals surface area (Å²) in [6, 6.07) is 6.77. The highest BCUT2D eigenvalue weighted by molar-refractivity contribution is 9.10. The zero-order valence-electron chi connectivity index (χ0n) is 13.1. The first-order valence-corrected chi connectivity index (χ1v) is 8.62. The summed E-state index contributed by atoms with van der Waals surface area (Å²) >= 11 is 3.36. The third-order valence-corrected chi connectivity index (χ3v) is 4.31. The fourth-order valence-electron chi connectivity index (χ4n) is 2.72. The maximum Gasteiger partial charge on any atom is 0.251 e. The average Bonchev–Trinajstić information content (AvgIpc) is 2.99. The predicted molar refractivity (Wildman–Crippen MR) is 90.7 cm³/mol. The van der Waals surface area contributed by atoms with Gasteiger partial charge in [0.2, 0.25) is 5.91 Å². The Morgan fingerprint density at radius 3 is 2.55 bits per heavy atom. The highest BCUT2D eigenvalue weighted by Crippen LogP contribution is 2.15. The Balaban J connectivity index is 2.08. The van der Waals surface area contributed by atoms with E-state index in [2.05, 4.69) is 35.1 Å². The van der Waals surface area contributed by atoms with Crippen molar-refractivity contribution in [3.8, 4) is 0 Å². The van der Waals surface area contributed by atoms with Crippen molar-refractivity contribution in [3.63, 3.8) is 0 Å². The van der Waals surface area contributed by atoms with Crippen LogP contribution in [0.25, 0.3) is 0 Å². The molecule has 0 radical (unpaired) electrons. The monoisotopic (exact) mass is 366 g/mol. The first-order valence-electron chi connectivity index (χ1n) is 7.82. The van der Waals surface area contributed by atoms with Crippen LogP contribution in [0.1, 0.15) is 43.5 Å². The van der Waals surface area contributed by atoms with Gasteiger partial charge in [0.25, 0.3) is 5.91 Å². The minimum absolute atomic E-state index is 0.0505. The average molecular weight is 367 g/mol. The SMILES string of the molecule is CC(C)C[C@H](NC(=O)c1cccc(Br)c1)C(=O)N1CCCC1. The summed E-state index contributed by atoms with van der Waals surface area (Å²) in [4.78, 5) is 26.9. The van der Waals surface area contributed by atoms with Crippen molar-refractivity contribution in [2.45, 2.75) is 39.2 Å². The normalized spacial score (nSPS) is 15.9. The summed E-state index contributed by atoms with van der Waals surface area (Å²) in [6.07, 6.45) is 2.77. The first kappa shape index (κ1) is 17.0. The molecule has 1 aromatic carbocycles. The van der Waals surface area contributed by atoms with Crippen LogP contribution < -0.4 is 5.32 Å². The van der Waals surface area contributed by atoms with E-state index in [9.17, 15) is 9.59 Å². The minimum Gasteiger partial charge on any atom is -0.341 e. The number of amides is 2. The molecule has 1 saturated heterocycles. The minimum atomic E-state index is -0.440. The third kappa shape index (κ3) is 4.57. The number of halogens is 1. The summed E-state index contributed by atoms with van der Waals surface area (Å²) in [5, 5.41) is 2.92. The molecule has 5 heteroatoms. The Morgan fingerprint density at radius 1 is 1.27 bits per heavy atom. The molecule has 1 fully saturated rings. The van der Waals surface area contributed by atoms with E-state index < -0.39 is 6.04 Å². The summed E-state index contributed by atoms with van der Waals surface area (Å²) in [6.45, 7) is 5.74. The molecular weight excluding hydrogens is 344 g/mol. The van der Waals surface area contributed by atoms with Crippen LogP contribution in [0.3, 0.4) is 0 Å². The van der Waals surface area contributed by atoms with Crippen molar-refractivity contribution in [3.05, 3.63) is 34.3 Å². The Labute approximate surface area is 140 Å². The van der Waals surface area contributed by atoms with Crippen LogP contribution >= 0.6 is 15.9 Å². The predicted octanol–water partition coefficient (Wildman–Crippen LogP) is 3.22. The Kier molecular flexibility index (Phi) is 6.00. The van der Waals surface area contributed by atoms with Gasteiger partial charge in [0.1, 0.15) is 6.04 Å². The topological polar surface area (TPSA) is 49.4 Å². The van der Waals surface area contributed by atoms with Gasteiger partial charge in [-0.2, -0.15) is 0 Å². The molecule has 120 valence electrons. The molecule has 1 heterocycles. The number of carbonyl (C=O) groups excluding carboxylic acids is 2. The first-order chi connectivity index (χ1) is 10.5. The molecule has 22 heavy (non-hydrogen) atoms. The summed E-state index contributed by atoms with van der Waals surface area (Å²) in [5.41, 5.74) is 0.567. The van der Waals surface area contributed by atoms with Crippen molar-refractivity contribution in [1.29, 1.82) is 0 Å². The second kappa shape index (κ2) is 7.77. The second-order valence-electron chi connectivity index (χ2n) is 6.20. The molecule has 0 saturated carbocycles. The zero-order valence-corrected chi connectivity index (χ0v) is 14.7. The molecule has 1 aromatic rings. The fraction of sp³-hybridized carbons (Fsp3) is 0.529. The number of hydrogen-bond acceptors (Lipinski definition) is 2. The van der Waals surface area contributed by atoms with Crippen LogP contribution in [0.5, 0.6) is 0 Å². The molecule has 2 rings (SSSR count). The van der Waals surface area contributed by atoms with Gasteiger partial charge in [0, 0.05) is 23.1 Å². The zero-order chi connectivity index (χ0) is 16.1. The molecule has 1 aliphatic heterocycles. The highest BCUT2D eigenvalue weighted by atomic mass is 79.9. The number of carbonyl (C=O) groups is 2.